The van der Waals surface area contributed by atoms with Gasteiger partial charge in [0.15, 0.2) is 5.65 Å². The summed E-state index contributed by atoms with van der Waals surface area (Å²) in [5, 5.41) is 11.1. The Morgan fingerprint density at radius 3 is 3.03 bits per heavy atom. The van der Waals surface area contributed by atoms with Crippen LogP contribution >= 0.6 is 11.8 Å². The second-order valence-electron chi connectivity index (χ2n) is 6.13. The first-order valence-electron chi connectivity index (χ1n) is 8.85. The predicted octanol–water partition coefficient (Wildman–Crippen LogP) is 1.92. The van der Waals surface area contributed by atoms with Gasteiger partial charge in [0.2, 0.25) is 0 Å². The van der Waals surface area contributed by atoms with E-state index in [4.69, 9.17) is 9.15 Å². The van der Waals surface area contributed by atoms with Gasteiger partial charge in [0, 0.05) is 18.5 Å². The minimum Gasteiger partial charge on any atom is -0.467 e. The lowest BCUT2D eigenvalue weighted by Crippen LogP contribution is -2.46. The van der Waals surface area contributed by atoms with Gasteiger partial charge in [0.05, 0.1) is 30.0 Å². The van der Waals surface area contributed by atoms with Crippen molar-refractivity contribution < 1.29 is 18.7 Å². The number of nitrogens with one attached hydrogen (secondary N) is 2. The molecule has 3 aromatic rings. The van der Waals surface area contributed by atoms with E-state index in [9.17, 15) is 9.59 Å². The Kier molecular flexibility index (Phi) is 5.21. The first-order valence-corrected chi connectivity index (χ1v) is 9.83. The van der Waals surface area contributed by atoms with E-state index in [0.717, 1.165) is 5.39 Å². The number of aryl methyl sites for hydroxylation is 1. The zero-order valence-electron chi connectivity index (χ0n) is 15.7. The van der Waals surface area contributed by atoms with E-state index in [0.29, 0.717) is 33.5 Å². The largest absolute Gasteiger partial charge is 0.467 e. The van der Waals surface area contributed by atoms with Crippen LogP contribution in [0, 0.1) is 0 Å². The molecule has 0 unspecified atom stereocenters. The number of urea groups is 1. The van der Waals surface area contributed by atoms with Gasteiger partial charge in [-0.25, -0.2) is 19.6 Å². The molecule has 2 N–H and O–H groups in total. The van der Waals surface area contributed by atoms with Crippen molar-refractivity contribution in [1.82, 2.24) is 30.4 Å². The molecule has 3 aromatic heterocycles. The highest BCUT2D eigenvalue weighted by Crippen LogP contribution is 2.32. The van der Waals surface area contributed by atoms with E-state index in [1.807, 2.05) is 0 Å². The van der Waals surface area contributed by atoms with E-state index < -0.39 is 18.0 Å². The van der Waals surface area contributed by atoms with Crippen LogP contribution in [-0.2, 0) is 16.6 Å². The molecular weight excluding hydrogens is 396 g/mol. The van der Waals surface area contributed by atoms with Crippen molar-refractivity contribution in [2.24, 2.45) is 7.05 Å². The minimum atomic E-state index is -0.739. The van der Waals surface area contributed by atoms with Crippen molar-refractivity contribution in [1.29, 1.82) is 0 Å². The number of carbonyl (C=O) groups excluding carboxylic acids is 2. The standard InChI is InChI=1S/C18H18N6O4S/c1-3-27-17(25)13-11(22-18(26)23-14(13)12-5-4-6-28-12)8-29-16-10-7-21-24(2)15(10)19-9-20-16/h4-7,9,14H,3,8H2,1-2H3,(H2,22,23,26)/t14-/m0/s1. The zero-order valence-corrected chi connectivity index (χ0v) is 16.5. The molecule has 0 radical (unpaired) electrons. The molecule has 0 aliphatic carbocycles. The Labute approximate surface area is 169 Å². The van der Waals surface area contributed by atoms with Gasteiger partial charge < -0.3 is 19.8 Å². The molecule has 29 heavy (non-hydrogen) atoms. The summed E-state index contributed by atoms with van der Waals surface area (Å²) in [6.45, 7) is 1.94. The van der Waals surface area contributed by atoms with E-state index in [1.165, 1.54) is 24.4 Å². The van der Waals surface area contributed by atoms with Crippen molar-refractivity contribution in [2.75, 3.05) is 12.4 Å². The van der Waals surface area contributed by atoms with Crippen LogP contribution in [0.1, 0.15) is 18.7 Å². The number of hydrogen-bond donors (Lipinski definition) is 2. The van der Waals surface area contributed by atoms with Crippen LogP contribution < -0.4 is 10.6 Å². The van der Waals surface area contributed by atoms with Gasteiger partial charge in [-0.1, -0.05) is 11.8 Å². The first kappa shape index (κ1) is 19.0. The number of fused-ring (bicyclic) bond motifs is 1. The quantitative estimate of drug-likeness (QED) is 0.356. The van der Waals surface area contributed by atoms with Gasteiger partial charge in [-0.05, 0) is 19.1 Å². The number of nitrogens with zero attached hydrogens (tertiary/aromatic N) is 4. The van der Waals surface area contributed by atoms with E-state index in [2.05, 4.69) is 25.7 Å². The number of carbonyl (C=O) groups is 2. The first-order chi connectivity index (χ1) is 14.1. The molecule has 0 saturated heterocycles. The van der Waals surface area contributed by atoms with Gasteiger partial charge in [-0.2, -0.15) is 5.10 Å². The lowest BCUT2D eigenvalue weighted by molar-refractivity contribution is -0.139. The van der Waals surface area contributed by atoms with Gasteiger partial charge in [-0.15, -0.1) is 0 Å². The predicted molar refractivity (Wildman–Crippen MR) is 104 cm³/mol. The summed E-state index contributed by atoms with van der Waals surface area (Å²) < 4.78 is 12.3. The molecular formula is C18H18N6O4S. The maximum atomic E-state index is 12.7. The third-order valence-corrected chi connectivity index (χ3v) is 5.35. The molecule has 0 bridgehead atoms. The molecule has 1 aliphatic heterocycles. The van der Waals surface area contributed by atoms with Crippen molar-refractivity contribution in [3.8, 4) is 0 Å². The SMILES string of the molecule is CCOC(=O)C1=C(CSc2ncnc3c2cnn3C)NC(=O)N[C@H]1c1ccco1. The van der Waals surface area contributed by atoms with Gasteiger partial charge in [-0.3, -0.25) is 4.68 Å². The molecule has 11 heteroatoms. The Bertz CT molecular complexity index is 1090. The molecule has 4 rings (SSSR count). The van der Waals surface area contributed by atoms with E-state index in [1.54, 1.807) is 37.0 Å². The summed E-state index contributed by atoms with van der Waals surface area (Å²) in [5.41, 5.74) is 1.43. The summed E-state index contributed by atoms with van der Waals surface area (Å²) in [6, 6.07) is 2.23. The topological polar surface area (TPSA) is 124 Å². The third kappa shape index (κ3) is 3.68. The van der Waals surface area contributed by atoms with Gasteiger partial charge >= 0.3 is 12.0 Å². The molecule has 0 saturated carbocycles. The van der Waals surface area contributed by atoms with Crippen LogP contribution in [0.5, 0.6) is 0 Å². The highest BCUT2D eigenvalue weighted by atomic mass is 32.2. The molecule has 150 valence electrons. The Balaban J connectivity index is 1.69. The molecule has 0 fully saturated rings. The zero-order chi connectivity index (χ0) is 20.4. The number of thioether (sulfide) groups is 1. The number of amides is 2. The second kappa shape index (κ2) is 7.95. The monoisotopic (exact) mass is 414 g/mol. The normalized spacial score (nSPS) is 16.6. The fourth-order valence-electron chi connectivity index (χ4n) is 3.05. The number of furan rings is 1. The second-order valence-corrected chi connectivity index (χ2v) is 7.10. The molecule has 1 aliphatic rings. The fourth-order valence-corrected chi connectivity index (χ4v) is 3.98. The lowest BCUT2D eigenvalue weighted by atomic mass is 10.0. The van der Waals surface area contributed by atoms with Crippen molar-refractivity contribution >= 4 is 34.8 Å². The van der Waals surface area contributed by atoms with Crippen LogP contribution in [0.4, 0.5) is 4.79 Å². The Hall–Kier alpha value is -3.34. The average molecular weight is 414 g/mol. The number of ether oxygens (including phenoxy) is 1. The lowest BCUT2D eigenvalue weighted by Gasteiger charge is -2.27. The summed E-state index contributed by atoms with van der Waals surface area (Å²) >= 11 is 1.37. The highest BCUT2D eigenvalue weighted by molar-refractivity contribution is 7.99. The van der Waals surface area contributed by atoms with Crippen molar-refractivity contribution in [2.45, 2.75) is 18.0 Å². The molecule has 0 spiro atoms. The molecule has 1 atom stereocenters. The van der Waals surface area contributed by atoms with Crippen LogP contribution in [0.25, 0.3) is 11.0 Å². The average Bonchev–Trinajstić information content (AvgIpc) is 3.37. The maximum Gasteiger partial charge on any atom is 0.338 e. The van der Waals surface area contributed by atoms with E-state index in [-0.39, 0.29) is 6.61 Å². The molecule has 4 heterocycles. The third-order valence-electron chi connectivity index (χ3n) is 4.32. The van der Waals surface area contributed by atoms with Crippen LogP contribution in [0.2, 0.25) is 0 Å². The van der Waals surface area contributed by atoms with Crippen LogP contribution in [0.15, 0.2) is 51.6 Å². The summed E-state index contributed by atoms with van der Waals surface area (Å²) in [6.07, 6.45) is 4.63. The number of esters is 1. The molecule has 2 amide bonds. The van der Waals surface area contributed by atoms with Crippen molar-refractivity contribution in [3.63, 3.8) is 0 Å². The van der Waals surface area contributed by atoms with Gasteiger partial charge in [0.25, 0.3) is 0 Å². The van der Waals surface area contributed by atoms with Crippen molar-refractivity contribution in [3.05, 3.63) is 48.0 Å². The highest BCUT2D eigenvalue weighted by Gasteiger charge is 2.35. The minimum absolute atomic E-state index is 0.212. The van der Waals surface area contributed by atoms with E-state index >= 15 is 0 Å². The number of aromatic nitrogens is 4. The number of rotatable bonds is 6. The maximum absolute atomic E-state index is 12.7. The summed E-state index contributed by atoms with van der Waals surface area (Å²) in [7, 11) is 1.80. The fraction of sp³-hybridized carbons (Fsp3) is 0.278. The van der Waals surface area contributed by atoms with Crippen LogP contribution in [-0.4, -0.2) is 44.1 Å². The Morgan fingerprint density at radius 1 is 1.41 bits per heavy atom. The number of hydrogen-bond acceptors (Lipinski definition) is 8. The molecule has 10 nitrogen and oxygen atoms in total. The summed E-state index contributed by atoms with van der Waals surface area (Å²) in [4.78, 5) is 33.5. The molecule has 0 aromatic carbocycles. The smallest absolute Gasteiger partial charge is 0.338 e. The summed E-state index contributed by atoms with van der Waals surface area (Å²) in [5.74, 6) is 0.216. The van der Waals surface area contributed by atoms with Gasteiger partial charge in [0.1, 0.15) is 23.2 Å². The van der Waals surface area contributed by atoms with Crippen LogP contribution in [0.3, 0.4) is 0 Å². The Morgan fingerprint density at radius 2 is 2.28 bits per heavy atom.